The summed E-state index contributed by atoms with van der Waals surface area (Å²) in [6.07, 6.45) is 3.99. The van der Waals surface area contributed by atoms with E-state index in [1.54, 1.807) is 30.3 Å². The highest BCUT2D eigenvalue weighted by Gasteiger charge is 2.42. The molecule has 0 spiro atoms. The van der Waals surface area contributed by atoms with E-state index in [9.17, 15) is 14.0 Å². The molecule has 0 bridgehead atoms. The van der Waals surface area contributed by atoms with Gasteiger partial charge in [0.25, 0.3) is 0 Å². The summed E-state index contributed by atoms with van der Waals surface area (Å²) in [7, 11) is 1.31. The Labute approximate surface area is 176 Å². The normalized spacial score (nSPS) is 16.0. The fourth-order valence-corrected chi connectivity index (χ4v) is 3.93. The van der Waals surface area contributed by atoms with Gasteiger partial charge in [0, 0.05) is 5.69 Å². The zero-order valence-electron chi connectivity index (χ0n) is 17.7. The molecule has 30 heavy (non-hydrogen) atoms. The first kappa shape index (κ1) is 21.8. The van der Waals surface area contributed by atoms with E-state index in [1.165, 1.54) is 19.2 Å². The first-order chi connectivity index (χ1) is 14.4. The molecule has 1 aliphatic rings. The summed E-state index contributed by atoms with van der Waals surface area (Å²) in [5.74, 6) is -0.591. The molecule has 2 aromatic rings. The topological polar surface area (TPSA) is 64.6 Å². The maximum atomic E-state index is 13.4. The van der Waals surface area contributed by atoms with E-state index in [0.717, 1.165) is 24.8 Å². The number of esters is 1. The molecule has 0 aliphatic heterocycles. The summed E-state index contributed by atoms with van der Waals surface area (Å²) in [5, 5.41) is 2.96. The number of benzene rings is 2. The lowest BCUT2D eigenvalue weighted by Gasteiger charge is -2.28. The molecule has 1 saturated carbocycles. The van der Waals surface area contributed by atoms with Crippen LogP contribution in [0.25, 0.3) is 0 Å². The van der Waals surface area contributed by atoms with E-state index in [2.05, 4.69) is 5.32 Å². The van der Waals surface area contributed by atoms with Gasteiger partial charge in [0.1, 0.15) is 17.1 Å². The fourth-order valence-electron chi connectivity index (χ4n) is 3.93. The van der Waals surface area contributed by atoms with Crippen LogP contribution in [0.1, 0.15) is 61.9 Å². The Morgan fingerprint density at radius 3 is 2.40 bits per heavy atom. The van der Waals surface area contributed by atoms with Crippen molar-refractivity contribution in [2.45, 2.75) is 57.5 Å². The molecule has 0 heterocycles. The summed E-state index contributed by atoms with van der Waals surface area (Å²) in [6.45, 7) is 3.91. The van der Waals surface area contributed by atoms with E-state index < -0.39 is 11.4 Å². The molecule has 5 nitrogen and oxygen atoms in total. The second-order valence-electron chi connectivity index (χ2n) is 7.79. The third-order valence-corrected chi connectivity index (χ3v) is 5.83. The zero-order valence-corrected chi connectivity index (χ0v) is 17.7. The second kappa shape index (κ2) is 9.28. The molecule has 1 atom stereocenters. The van der Waals surface area contributed by atoms with Crippen molar-refractivity contribution in [3.8, 4) is 5.75 Å². The van der Waals surface area contributed by atoms with Gasteiger partial charge in [-0.15, -0.1) is 0 Å². The number of carbonyl (C=O) groups is 2. The van der Waals surface area contributed by atoms with Gasteiger partial charge in [-0.05, 0) is 62.1 Å². The lowest BCUT2D eigenvalue weighted by Crippen LogP contribution is -2.38. The minimum absolute atomic E-state index is 0.0610. The van der Waals surface area contributed by atoms with Gasteiger partial charge in [0.2, 0.25) is 5.91 Å². The van der Waals surface area contributed by atoms with Gasteiger partial charge in [-0.3, -0.25) is 4.79 Å². The molecule has 6 heteroatoms. The van der Waals surface area contributed by atoms with Crippen LogP contribution in [-0.4, -0.2) is 25.1 Å². The molecule has 2 aromatic carbocycles. The Morgan fingerprint density at radius 2 is 1.80 bits per heavy atom. The largest absolute Gasteiger partial charge is 0.490 e. The Balaban J connectivity index is 1.89. The SMILES string of the molecule is CCC(C)Oc1ccc(NC(=O)C2(c3ccc(F)cc3)CCCC2)cc1C(=O)OC. The van der Waals surface area contributed by atoms with Crippen LogP contribution >= 0.6 is 0 Å². The number of rotatable bonds is 7. The summed E-state index contributed by atoms with van der Waals surface area (Å²) in [5.41, 5.74) is 0.859. The van der Waals surface area contributed by atoms with E-state index in [-0.39, 0.29) is 23.4 Å². The van der Waals surface area contributed by atoms with Gasteiger partial charge in [-0.25, -0.2) is 9.18 Å². The van der Waals surface area contributed by atoms with Gasteiger partial charge in [0.15, 0.2) is 0 Å². The Bertz CT molecular complexity index is 904. The van der Waals surface area contributed by atoms with Gasteiger partial charge >= 0.3 is 5.97 Å². The Hall–Kier alpha value is -2.89. The molecule has 1 fully saturated rings. The van der Waals surface area contributed by atoms with Crippen molar-refractivity contribution >= 4 is 17.6 Å². The quantitative estimate of drug-likeness (QED) is 0.631. The molecule has 0 saturated heterocycles. The highest BCUT2D eigenvalue weighted by molar-refractivity contribution is 6.01. The average molecular weight is 413 g/mol. The van der Waals surface area contributed by atoms with Crippen molar-refractivity contribution in [1.29, 1.82) is 0 Å². The fraction of sp³-hybridized carbons (Fsp3) is 0.417. The van der Waals surface area contributed by atoms with Crippen LogP contribution in [0.15, 0.2) is 42.5 Å². The average Bonchev–Trinajstić information content (AvgIpc) is 3.25. The molecular weight excluding hydrogens is 385 g/mol. The van der Waals surface area contributed by atoms with Crippen molar-refractivity contribution < 1.29 is 23.5 Å². The molecule has 1 amide bonds. The number of nitrogens with one attached hydrogen (secondary N) is 1. The van der Waals surface area contributed by atoms with Gasteiger partial charge in [0.05, 0.1) is 18.6 Å². The van der Waals surface area contributed by atoms with Crippen LogP contribution in [0, 0.1) is 5.82 Å². The van der Waals surface area contributed by atoms with Crippen molar-refractivity contribution in [3.05, 3.63) is 59.4 Å². The lowest BCUT2D eigenvalue weighted by molar-refractivity contribution is -0.121. The van der Waals surface area contributed by atoms with E-state index >= 15 is 0 Å². The van der Waals surface area contributed by atoms with Crippen LogP contribution in [0.5, 0.6) is 5.75 Å². The van der Waals surface area contributed by atoms with E-state index in [4.69, 9.17) is 9.47 Å². The minimum atomic E-state index is -0.703. The molecule has 160 valence electrons. The van der Waals surface area contributed by atoms with Gasteiger partial charge < -0.3 is 14.8 Å². The molecule has 3 rings (SSSR count). The van der Waals surface area contributed by atoms with Crippen LogP contribution in [0.4, 0.5) is 10.1 Å². The predicted octanol–water partition coefficient (Wildman–Crippen LogP) is 5.24. The molecule has 1 unspecified atom stereocenters. The van der Waals surface area contributed by atoms with Crippen molar-refractivity contribution in [1.82, 2.24) is 0 Å². The first-order valence-electron chi connectivity index (χ1n) is 10.4. The van der Waals surface area contributed by atoms with Crippen LogP contribution in [-0.2, 0) is 14.9 Å². The van der Waals surface area contributed by atoms with Gasteiger partial charge in [-0.1, -0.05) is 31.9 Å². The summed E-state index contributed by atoms with van der Waals surface area (Å²) in [6, 6.07) is 11.1. The standard InChI is InChI=1S/C24H28FNO4/c1-4-16(2)30-21-12-11-19(15-20(21)22(27)29-3)26-23(28)24(13-5-6-14-24)17-7-9-18(25)10-8-17/h7-12,15-16H,4-6,13-14H2,1-3H3,(H,26,28). The first-order valence-corrected chi connectivity index (χ1v) is 10.4. The van der Waals surface area contributed by atoms with Gasteiger partial charge in [-0.2, -0.15) is 0 Å². The molecule has 1 aliphatic carbocycles. The van der Waals surface area contributed by atoms with Crippen molar-refractivity contribution in [3.63, 3.8) is 0 Å². The number of methoxy groups -OCH3 is 1. The molecule has 0 aromatic heterocycles. The van der Waals surface area contributed by atoms with Crippen LogP contribution in [0.3, 0.4) is 0 Å². The molecule has 0 radical (unpaired) electrons. The molecular formula is C24H28FNO4. The minimum Gasteiger partial charge on any atom is -0.490 e. The number of amides is 1. The van der Waals surface area contributed by atoms with E-state index in [1.807, 2.05) is 13.8 Å². The smallest absolute Gasteiger partial charge is 0.341 e. The van der Waals surface area contributed by atoms with Crippen molar-refractivity contribution in [2.24, 2.45) is 0 Å². The third kappa shape index (κ3) is 4.48. The number of anilines is 1. The number of hydrogen-bond acceptors (Lipinski definition) is 4. The third-order valence-electron chi connectivity index (χ3n) is 5.83. The number of halogens is 1. The highest BCUT2D eigenvalue weighted by atomic mass is 19.1. The lowest BCUT2D eigenvalue weighted by atomic mass is 9.78. The summed E-state index contributed by atoms with van der Waals surface area (Å²) >= 11 is 0. The maximum Gasteiger partial charge on any atom is 0.341 e. The highest BCUT2D eigenvalue weighted by Crippen LogP contribution is 2.42. The predicted molar refractivity (Wildman–Crippen MR) is 113 cm³/mol. The summed E-state index contributed by atoms with van der Waals surface area (Å²) < 4.78 is 24.1. The monoisotopic (exact) mass is 413 g/mol. The number of hydrogen-bond donors (Lipinski definition) is 1. The Kier molecular flexibility index (Phi) is 6.75. The van der Waals surface area contributed by atoms with Crippen LogP contribution in [0.2, 0.25) is 0 Å². The maximum absolute atomic E-state index is 13.4. The number of carbonyl (C=O) groups excluding carboxylic acids is 2. The molecule has 1 N–H and O–H groups in total. The summed E-state index contributed by atoms with van der Waals surface area (Å²) in [4.78, 5) is 25.6. The Morgan fingerprint density at radius 1 is 1.13 bits per heavy atom. The second-order valence-corrected chi connectivity index (χ2v) is 7.79. The van der Waals surface area contributed by atoms with E-state index in [0.29, 0.717) is 24.3 Å². The number of ether oxygens (including phenoxy) is 2. The van der Waals surface area contributed by atoms with Crippen LogP contribution < -0.4 is 10.1 Å². The zero-order chi connectivity index (χ0) is 21.7. The van der Waals surface area contributed by atoms with Crippen molar-refractivity contribution in [2.75, 3.05) is 12.4 Å².